The van der Waals surface area contributed by atoms with Crippen LogP contribution in [0.1, 0.15) is 27.7 Å². The lowest BCUT2D eigenvalue weighted by atomic mass is 9.78. The molecular formula is C17H22B2N3O3. The summed E-state index contributed by atoms with van der Waals surface area (Å²) in [5, 5.41) is 2.93. The van der Waals surface area contributed by atoms with Crippen molar-refractivity contribution in [2.24, 2.45) is 0 Å². The molecule has 1 saturated heterocycles. The van der Waals surface area contributed by atoms with Gasteiger partial charge in [-0.3, -0.25) is 0 Å². The van der Waals surface area contributed by atoms with Gasteiger partial charge in [-0.1, -0.05) is 24.3 Å². The lowest BCUT2D eigenvalue weighted by Gasteiger charge is -2.32. The highest BCUT2D eigenvalue weighted by Crippen LogP contribution is 2.36. The highest BCUT2D eigenvalue weighted by atomic mass is 16.7. The van der Waals surface area contributed by atoms with Crippen LogP contribution in [0.25, 0.3) is 11.4 Å². The third kappa shape index (κ3) is 3.71. The van der Waals surface area contributed by atoms with Crippen molar-refractivity contribution in [3.63, 3.8) is 0 Å². The Bertz CT molecular complexity index is 722. The predicted octanol–water partition coefficient (Wildman–Crippen LogP) is 2.04. The smallest absolute Gasteiger partial charge is 0.422 e. The highest BCUT2D eigenvalue weighted by Gasteiger charge is 2.51. The Morgan fingerprint density at radius 3 is 2.32 bits per heavy atom. The summed E-state index contributed by atoms with van der Waals surface area (Å²) in [7, 11) is 2.64. The van der Waals surface area contributed by atoms with E-state index in [0.29, 0.717) is 5.82 Å². The van der Waals surface area contributed by atoms with Gasteiger partial charge < -0.3 is 19.2 Å². The largest absolute Gasteiger partial charge is 0.494 e. The van der Waals surface area contributed by atoms with Gasteiger partial charge in [0.2, 0.25) is 0 Å². The molecule has 2 aromatic rings. The molecule has 0 spiro atoms. The van der Waals surface area contributed by atoms with Crippen LogP contribution in [-0.4, -0.2) is 43.0 Å². The van der Waals surface area contributed by atoms with Crippen LogP contribution in [0.5, 0.6) is 0 Å². The van der Waals surface area contributed by atoms with Crippen molar-refractivity contribution in [1.29, 1.82) is 0 Å². The zero-order valence-electron chi connectivity index (χ0n) is 15.2. The van der Waals surface area contributed by atoms with E-state index in [0.717, 1.165) is 16.7 Å². The summed E-state index contributed by atoms with van der Waals surface area (Å²) in [6, 6.07) is 7.93. The summed E-state index contributed by atoms with van der Waals surface area (Å²) in [5.41, 5.74) is 1.89. The topological polar surface area (TPSA) is 65.5 Å². The number of aromatic nitrogens is 2. The molecule has 3 rings (SSSR count). The van der Waals surface area contributed by atoms with E-state index in [4.69, 9.17) is 14.0 Å². The third-order valence-electron chi connectivity index (χ3n) is 4.67. The SMILES string of the molecule is CO[B]Nc1cnc(-c2cccc(B3OC(C)(C)C(C)(C)O3)c2)nc1. The van der Waals surface area contributed by atoms with E-state index in [1.165, 1.54) is 7.62 Å². The molecule has 129 valence electrons. The van der Waals surface area contributed by atoms with Gasteiger partial charge in [0, 0.05) is 12.7 Å². The second-order valence-electron chi connectivity index (χ2n) is 7.01. The first kappa shape index (κ1) is 17.9. The Kier molecular flexibility index (Phi) is 4.86. The van der Waals surface area contributed by atoms with Gasteiger partial charge in [0.25, 0.3) is 0 Å². The number of benzene rings is 1. The highest BCUT2D eigenvalue weighted by molar-refractivity contribution is 6.62. The monoisotopic (exact) mass is 338 g/mol. The summed E-state index contributed by atoms with van der Waals surface area (Å²) in [6.07, 6.45) is 3.42. The maximum atomic E-state index is 6.11. The minimum Gasteiger partial charge on any atom is -0.422 e. The molecule has 0 saturated carbocycles. The van der Waals surface area contributed by atoms with Crippen LogP contribution in [0.3, 0.4) is 0 Å². The van der Waals surface area contributed by atoms with Gasteiger partial charge in [-0.15, -0.1) is 0 Å². The quantitative estimate of drug-likeness (QED) is 0.842. The Morgan fingerprint density at radius 2 is 1.72 bits per heavy atom. The number of hydrogen-bond donors (Lipinski definition) is 1. The Hall–Kier alpha value is -1.89. The maximum absolute atomic E-state index is 6.11. The average Bonchev–Trinajstić information content (AvgIpc) is 2.81. The Balaban J connectivity index is 1.80. The van der Waals surface area contributed by atoms with Gasteiger partial charge in [-0.05, 0) is 33.2 Å². The molecule has 8 heteroatoms. The van der Waals surface area contributed by atoms with Crippen LogP contribution >= 0.6 is 0 Å². The van der Waals surface area contributed by atoms with Crippen molar-refractivity contribution in [3.05, 3.63) is 36.7 Å². The number of hydrogen-bond acceptors (Lipinski definition) is 6. The van der Waals surface area contributed by atoms with Crippen molar-refractivity contribution >= 4 is 25.9 Å². The molecule has 0 aliphatic carbocycles. The van der Waals surface area contributed by atoms with Gasteiger partial charge >= 0.3 is 14.7 Å². The summed E-state index contributed by atoms with van der Waals surface area (Å²) < 4.78 is 17.1. The van der Waals surface area contributed by atoms with Crippen LogP contribution < -0.4 is 10.7 Å². The molecular weight excluding hydrogens is 316 g/mol. The number of rotatable bonds is 5. The molecule has 1 aromatic carbocycles. The average molecular weight is 338 g/mol. The minimum atomic E-state index is -0.401. The van der Waals surface area contributed by atoms with Gasteiger partial charge in [0.15, 0.2) is 5.82 Å². The molecule has 0 unspecified atom stereocenters. The first-order valence-corrected chi connectivity index (χ1v) is 8.21. The van der Waals surface area contributed by atoms with Crippen molar-refractivity contribution in [3.8, 4) is 11.4 Å². The van der Waals surface area contributed by atoms with Crippen molar-refractivity contribution < 1.29 is 14.0 Å². The lowest BCUT2D eigenvalue weighted by Crippen LogP contribution is -2.41. The third-order valence-corrected chi connectivity index (χ3v) is 4.67. The summed E-state index contributed by atoms with van der Waals surface area (Å²) in [6.45, 7) is 8.18. The van der Waals surface area contributed by atoms with E-state index in [1.54, 1.807) is 19.5 Å². The van der Waals surface area contributed by atoms with E-state index in [9.17, 15) is 0 Å². The van der Waals surface area contributed by atoms with E-state index in [2.05, 4.69) is 15.2 Å². The van der Waals surface area contributed by atoms with Crippen molar-refractivity contribution in [2.45, 2.75) is 38.9 Å². The molecule has 0 bridgehead atoms. The summed E-state index contributed by atoms with van der Waals surface area (Å²) in [4.78, 5) is 8.79. The second-order valence-corrected chi connectivity index (χ2v) is 7.01. The van der Waals surface area contributed by atoms with Crippen LogP contribution in [0.2, 0.25) is 0 Å². The fourth-order valence-corrected chi connectivity index (χ4v) is 2.48. The van der Waals surface area contributed by atoms with E-state index in [-0.39, 0.29) is 11.2 Å². The molecule has 1 N–H and O–H groups in total. The standard InChI is InChI=1S/C17H22B2N3O3/c1-16(2)17(3,4)25-19(24-16)13-8-6-7-12(9-13)15-20-10-14(11-21-15)22-18-23-5/h6-11,22H,1-5H3. The number of nitrogens with one attached hydrogen (secondary N) is 1. The molecule has 25 heavy (non-hydrogen) atoms. The molecule has 0 atom stereocenters. The Morgan fingerprint density at radius 1 is 1.08 bits per heavy atom. The van der Waals surface area contributed by atoms with Crippen LogP contribution in [0.15, 0.2) is 36.7 Å². The zero-order valence-corrected chi connectivity index (χ0v) is 15.2. The fourth-order valence-electron chi connectivity index (χ4n) is 2.48. The van der Waals surface area contributed by atoms with Gasteiger partial charge in [0.1, 0.15) is 0 Å². The Labute approximate surface area is 149 Å². The normalized spacial score (nSPS) is 18.2. The van der Waals surface area contributed by atoms with Crippen LogP contribution in [0.4, 0.5) is 5.69 Å². The minimum absolute atomic E-state index is 0.366. The summed E-state index contributed by atoms with van der Waals surface area (Å²) >= 11 is 0. The molecule has 1 aliphatic heterocycles. The second kappa shape index (κ2) is 6.78. The van der Waals surface area contributed by atoms with Crippen molar-refractivity contribution in [2.75, 3.05) is 12.3 Å². The molecule has 1 aliphatic rings. The van der Waals surface area contributed by atoms with Gasteiger partial charge in [0.05, 0.1) is 29.3 Å². The first-order valence-electron chi connectivity index (χ1n) is 8.21. The summed E-state index contributed by atoms with van der Waals surface area (Å²) in [5.74, 6) is 0.640. The molecule has 2 heterocycles. The van der Waals surface area contributed by atoms with E-state index < -0.39 is 7.12 Å². The molecule has 1 fully saturated rings. The number of anilines is 1. The molecule has 1 radical (unpaired) electrons. The molecule has 1 aromatic heterocycles. The molecule has 6 nitrogen and oxygen atoms in total. The molecule has 0 amide bonds. The lowest BCUT2D eigenvalue weighted by molar-refractivity contribution is 0.00578. The fraction of sp³-hybridized carbons (Fsp3) is 0.412. The van der Waals surface area contributed by atoms with E-state index >= 15 is 0 Å². The predicted molar refractivity (Wildman–Crippen MR) is 99.6 cm³/mol. The van der Waals surface area contributed by atoms with Crippen LogP contribution in [0, 0.1) is 0 Å². The number of nitrogens with zero attached hydrogens (tertiary/aromatic N) is 2. The van der Waals surface area contributed by atoms with Gasteiger partial charge in [-0.25, -0.2) is 9.97 Å². The maximum Gasteiger partial charge on any atom is 0.494 e. The zero-order chi connectivity index (χ0) is 18.1. The first-order chi connectivity index (χ1) is 11.8. The van der Waals surface area contributed by atoms with E-state index in [1.807, 2.05) is 52.0 Å². The van der Waals surface area contributed by atoms with Gasteiger partial charge in [-0.2, -0.15) is 0 Å². The van der Waals surface area contributed by atoms with Crippen LogP contribution in [-0.2, 0) is 14.0 Å². The van der Waals surface area contributed by atoms with Crippen molar-refractivity contribution in [1.82, 2.24) is 9.97 Å².